The highest BCUT2D eigenvalue weighted by Crippen LogP contribution is 2.27. The summed E-state index contributed by atoms with van der Waals surface area (Å²) in [6.45, 7) is 0. The van der Waals surface area contributed by atoms with Gasteiger partial charge in [-0.05, 0) is 55.5 Å². The van der Waals surface area contributed by atoms with Crippen molar-refractivity contribution in [3.63, 3.8) is 0 Å². The minimum Gasteiger partial charge on any atom is -0.255 e. The van der Waals surface area contributed by atoms with Gasteiger partial charge in [-0.3, -0.25) is 4.99 Å². The van der Waals surface area contributed by atoms with E-state index in [1.165, 1.54) is 6.07 Å². The topological polar surface area (TPSA) is 25.2 Å². The van der Waals surface area contributed by atoms with Crippen LogP contribution in [0.25, 0.3) is 0 Å². The van der Waals surface area contributed by atoms with Gasteiger partial charge in [0.25, 0.3) is 0 Å². The van der Waals surface area contributed by atoms with Crippen LogP contribution in [0.3, 0.4) is 0 Å². The summed E-state index contributed by atoms with van der Waals surface area (Å²) in [7, 11) is 0. The Kier molecular flexibility index (Phi) is 5.29. The van der Waals surface area contributed by atoms with Crippen LogP contribution in [-0.2, 0) is 12.8 Å². The van der Waals surface area contributed by atoms with E-state index in [1.54, 1.807) is 12.1 Å². The molecule has 120 valence electrons. The van der Waals surface area contributed by atoms with Crippen molar-refractivity contribution in [2.45, 2.75) is 38.5 Å². The smallest absolute Gasteiger partial charge is 0.213 e. The van der Waals surface area contributed by atoms with E-state index in [-0.39, 0.29) is 0 Å². The van der Waals surface area contributed by atoms with Crippen molar-refractivity contribution in [3.8, 4) is 0 Å². The lowest BCUT2D eigenvalue weighted by Crippen LogP contribution is -2.00. The molecule has 0 amide bonds. The van der Waals surface area contributed by atoms with E-state index in [0.29, 0.717) is 11.4 Å². The average molecular weight is 351 g/mol. The quantitative estimate of drug-likeness (QED) is 0.466. The highest BCUT2D eigenvalue weighted by atomic mass is 35.5. The third-order valence-corrected chi connectivity index (χ3v) is 4.58. The summed E-state index contributed by atoms with van der Waals surface area (Å²) in [5, 5.41) is 1.41. The first-order valence-corrected chi connectivity index (χ1v) is 8.53. The predicted octanol–water partition coefficient (Wildman–Crippen LogP) is 5.96. The number of rotatable bonds is 6. The summed E-state index contributed by atoms with van der Waals surface area (Å²) >= 11 is 12.1. The van der Waals surface area contributed by atoms with Crippen molar-refractivity contribution >= 4 is 34.6 Å². The summed E-state index contributed by atoms with van der Waals surface area (Å²) in [4.78, 5) is 8.42. The second kappa shape index (κ2) is 7.41. The van der Waals surface area contributed by atoms with Gasteiger partial charge < -0.3 is 0 Å². The Morgan fingerprint density at radius 2 is 1.83 bits per heavy atom. The summed E-state index contributed by atoms with van der Waals surface area (Å²) in [6.07, 6.45) is 5.82. The number of pyridine rings is 1. The van der Waals surface area contributed by atoms with Gasteiger partial charge >= 0.3 is 0 Å². The number of hydrogen-bond acceptors (Lipinski definition) is 2. The molecule has 0 saturated heterocycles. The molecule has 0 atom stereocenters. The maximum Gasteiger partial charge on any atom is 0.213 e. The van der Waals surface area contributed by atoms with Crippen LogP contribution in [0.5, 0.6) is 0 Å². The first-order valence-electron chi connectivity index (χ1n) is 7.77. The number of fused-ring (bicyclic) bond motifs is 1. The molecule has 23 heavy (non-hydrogen) atoms. The van der Waals surface area contributed by atoms with Crippen LogP contribution in [0.1, 0.15) is 36.9 Å². The van der Waals surface area contributed by atoms with Crippen LogP contribution < -0.4 is 0 Å². The third-order valence-electron chi connectivity index (χ3n) is 3.99. The molecular formula is C18H17Cl2FN2. The van der Waals surface area contributed by atoms with E-state index in [4.69, 9.17) is 23.2 Å². The Morgan fingerprint density at radius 3 is 2.65 bits per heavy atom. The van der Waals surface area contributed by atoms with Crippen molar-refractivity contribution in [1.29, 1.82) is 0 Å². The number of nitrogens with zero attached hydrogens (tertiary/aromatic N) is 2. The number of aliphatic imine (C=N–C) groups is 1. The molecule has 0 saturated carbocycles. The molecule has 1 aliphatic heterocycles. The number of hydrogen-bond donors (Lipinski definition) is 0. The summed E-state index contributed by atoms with van der Waals surface area (Å²) in [5.74, 6) is -0.431. The average Bonchev–Trinajstić information content (AvgIpc) is 2.90. The fourth-order valence-corrected chi connectivity index (χ4v) is 3.30. The molecule has 0 unspecified atom stereocenters. The molecule has 1 aromatic heterocycles. The molecule has 0 N–H and O–H groups in total. The van der Waals surface area contributed by atoms with Gasteiger partial charge in [-0.2, -0.15) is 4.39 Å². The largest absolute Gasteiger partial charge is 0.255 e. The Bertz CT molecular complexity index is 744. The van der Waals surface area contributed by atoms with Crippen molar-refractivity contribution in [3.05, 3.63) is 57.6 Å². The lowest BCUT2D eigenvalue weighted by atomic mass is 10.0. The molecule has 2 aromatic rings. The Labute approximate surface area is 145 Å². The van der Waals surface area contributed by atoms with Crippen molar-refractivity contribution < 1.29 is 4.39 Å². The van der Waals surface area contributed by atoms with Crippen molar-refractivity contribution in [2.24, 2.45) is 4.99 Å². The zero-order valence-corrected chi connectivity index (χ0v) is 14.2. The molecule has 2 heterocycles. The summed E-state index contributed by atoms with van der Waals surface area (Å²) in [5.41, 5.74) is 3.81. The SMILES string of the molecule is Fc1ccc2c(n1)CC(CCCCCc1ccc(Cl)cc1Cl)=N2. The van der Waals surface area contributed by atoms with Gasteiger partial charge in [0.05, 0.1) is 11.4 Å². The molecule has 1 aliphatic rings. The number of aryl methyl sites for hydroxylation is 1. The second-order valence-electron chi connectivity index (χ2n) is 5.75. The zero-order valence-electron chi connectivity index (χ0n) is 12.7. The summed E-state index contributed by atoms with van der Waals surface area (Å²) < 4.78 is 13.1. The molecule has 0 spiro atoms. The monoisotopic (exact) mass is 350 g/mol. The lowest BCUT2D eigenvalue weighted by molar-refractivity contribution is 0.580. The maximum atomic E-state index is 13.1. The number of benzene rings is 1. The van der Waals surface area contributed by atoms with Crippen LogP contribution in [0, 0.1) is 5.95 Å². The Balaban J connectivity index is 1.41. The molecule has 2 nitrogen and oxygen atoms in total. The molecule has 3 rings (SSSR count). The summed E-state index contributed by atoms with van der Waals surface area (Å²) in [6, 6.07) is 8.71. The molecular weight excluding hydrogens is 334 g/mol. The number of aromatic nitrogens is 1. The van der Waals surface area contributed by atoms with Crippen LogP contribution in [0.15, 0.2) is 35.3 Å². The van der Waals surface area contributed by atoms with Gasteiger partial charge in [0.2, 0.25) is 5.95 Å². The van der Waals surface area contributed by atoms with Crippen LogP contribution >= 0.6 is 23.2 Å². The second-order valence-corrected chi connectivity index (χ2v) is 6.59. The van der Waals surface area contributed by atoms with Crippen LogP contribution in [-0.4, -0.2) is 10.7 Å². The van der Waals surface area contributed by atoms with Gasteiger partial charge in [-0.1, -0.05) is 35.7 Å². The maximum absolute atomic E-state index is 13.1. The molecule has 0 radical (unpaired) electrons. The molecule has 0 aliphatic carbocycles. The van der Waals surface area contributed by atoms with E-state index in [1.807, 2.05) is 12.1 Å². The molecule has 5 heteroatoms. The standard InChI is InChI=1S/C18H17Cl2FN2/c19-13-7-6-12(15(20)10-13)4-2-1-3-5-14-11-17-16(22-14)8-9-18(21)23-17/h6-10H,1-5,11H2. The normalized spacial score (nSPS) is 13.1. The zero-order chi connectivity index (χ0) is 16.2. The highest BCUT2D eigenvalue weighted by molar-refractivity contribution is 6.35. The number of unbranched alkanes of at least 4 members (excludes halogenated alkanes) is 2. The Hall–Kier alpha value is -1.45. The van der Waals surface area contributed by atoms with E-state index in [2.05, 4.69) is 9.98 Å². The minimum atomic E-state index is -0.431. The molecule has 0 fully saturated rings. The predicted molar refractivity (Wildman–Crippen MR) is 93.6 cm³/mol. The van der Waals surface area contributed by atoms with E-state index in [0.717, 1.165) is 59.8 Å². The van der Waals surface area contributed by atoms with E-state index in [9.17, 15) is 4.39 Å². The van der Waals surface area contributed by atoms with Crippen molar-refractivity contribution in [2.75, 3.05) is 0 Å². The van der Waals surface area contributed by atoms with Crippen LogP contribution in [0.2, 0.25) is 10.0 Å². The van der Waals surface area contributed by atoms with E-state index < -0.39 is 5.95 Å². The fraction of sp³-hybridized carbons (Fsp3) is 0.333. The molecule has 0 bridgehead atoms. The van der Waals surface area contributed by atoms with Gasteiger partial charge in [-0.25, -0.2) is 4.98 Å². The minimum absolute atomic E-state index is 0.431. The van der Waals surface area contributed by atoms with Gasteiger partial charge in [-0.15, -0.1) is 0 Å². The van der Waals surface area contributed by atoms with E-state index >= 15 is 0 Å². The van der Waals surface area contributed by atoms with Crippen LogP contribution in [0.4, 0.5) is 10.1 Å². The lowest BCUT2D eigenvalue weighted by Gasteiger charge is -2.05. The third kappa shape index (κ3) is 4.30. The van der Waals surface area contributed by atoms with Gasteiger partial charge in [0.15, 0.2) is 0 Å². The Morgan fingerprint density at radius 1 is 1.00 bits per heavy atom. The fourth-order valence-electron chi connectivity index (χ4n) is 2.79. The highest BCUT2D eigenvalue weighted by Gasteiger charge is 2.16. The van der Waals surface area contributed by atoms with Gasteiger partial charge in [0, 0.05) is 22.2 Å². The van der Waals surface area contributed by atoms with Crippen molar-refractivity contribution in [1.82, 2.24) is 4.98 Å². The van der Waals surface area contributed by atoms with Gasteiger partial charge in [0.1, 0.15) is 0 Å². The number of halogens is 3. The molecule has 1 aromatic carbocycles. The first-order chi connectivity index (χ1) is 11.1. The first kappa shape index (κ1) is 16.4.